The van der Waals surface area contributed by atoms with Crippen LogP contribution < -0.4 is 5.32 Å². The third kappa shape index (κ3) is 16.2. The molecule has 0 heterocycles. The van der Waals surface area contributed by atoms with Crippen molar-refractivity contribution in [3.05, 3.63) is 11.8 Å². The fourth-order valence-corrected chi connectivity index (χ4v) is 2.91. The van der Waals surface area contributed by atoms with E-state index < -0.39 is 51.3 Å². The molecule has 0 aromatic rings. The highest BCUT2D eigenvalue weighted by molar-refractivity contribution is 7.85. The van der Waals surface area contributed by atoms with E-state index in [1.54, 1.807) is 61.5 Å². The molecule has 1 amide bonds. The van der Waals surface area contributed by atoms with Crippen LogP contribution in [0.5, 0.6) is 0 Å². The second kappa shape index (κ2) is 12.9. The largest absolute Gasteiger partial charge is 0.458 e. The number of ether oxygens (including phenoxy) is 3. The smallest absolute Gasteiger partial charge is 0.408 e. The Bertz CT molecular complexity index is 805. The second-order valence-corrected chi connectivity index (χ2v) is 11.3. The van der Waals surface area contributed by atoms with Gasteiger partial charge in [0.2, 0.25) is 0 Å². The molecule has 33 heavy (non-hydrogen) atoms. The molecule has 0 aliphatic heterocycles. The van der Waals surface area contributed by atoms with Gasteiger partial charge in [-0.15, -0.1) is 0 Å². The van der Waals surface area contributed by atoms with Gasteiger partial charge < -0.3 is 19.5 Å². The Hall–Kier alpha value is -2.14. The van der Waals surface area contributed by atoms with Crippen LogP contribution in [0.1, 0.15) is 74.7 Å². The van der Waals surface area contributed by atoms with Crippen molar-refractivity contribution in [2.75, 3.05) is 12.9 Å². The first-order valence-corrected chi connectivity index (χ1v) is 12.6. The SMILES string of the molecule is C/C=C(\C)OC(=O)[C@@H](CCCOS(C)(=O)=O)C[C@H](NC(=O)OC(C)(C)C)C(=O)OC(C)(C)C. The summed E-state index contributed by atoms with van der Waals surface area (Å²) >= 11 is 0. The Morgan fingerprint density at radius 2 is 1.52 bits per heavy atom. The van der Waals surface area contributed by atoms with Crippen LogP contribution in [-0.4, -0.2) is 56.6 Å². The lowest BCUT2D eigenvalue weighted by Gasteiger charge is -2.28. The van der Waals surface area contributed by atoms with E-state index in [0.29, 0.717) is 5.76 Å². The minimum Gasteiger partial charge on any atom is -0.458 e. The van der Waals surface area contributed by atoms with E-state index in [2.05, 4.69) is 5.32 Å². The summed E-state index contributed by atoms with van der Waals surface area (Å²) in [6.45, 7) is 13.2. The van der Waals surface area contributed by atoms with Crippen LogP contribution in [0.4, 0.5) is 4.79 Å². The van der Waals surface area contributed by atoms with E-state index in [0.717, 1.165) is 6.26 Å². The molecule has 0 spiro atoms. The monoisotopic (exact) mass is 493 g/mol. The van der Waals surface area contributed by atoms with E-state index in [-0.39, 0.29) is 25.9 Å². The second-order valence-electron chi connectivity index (χ2n) is 9.65. The molecule has 0 aliphatic rings. The van der Waals surface area contributed by atoms with Crippen molar-refractivity contribution in [1.29, 1.82) is 0 Å². The topological polar surface area (TPSA) is 134 Å². The highest BCUT2D eigenvalue weighted by atomic mass is 32.2. The number of rotatable bonds is 11. The van der Waals surface area contributed by atoms with Crippen LogP contribution in [0, 0.1) is 5.92 Å². The van der Waals surface area contributed by atoms with Crippen LogP contribution in [0.3, 0.4) is 0 Å². The summed E-state index contributed by atoms with van der Waals surface area (Å²) in [6.07, 6.45) is 1.91. The summed E-state index contributed by atoms with van der Waals surface area (Å²) in [6, 6.07) is -1.20. The lowest BCUT2D eigenvalue weighted by atomic mass is 9.94. The van der Waals surface area contributed by atoms with E-state index in [9.17, 15) is 22.8 Å². The molecule has 0 rings (SSSR count). The maximum Gasteiger partial charge on any atom is 0.408 e. The molecule has 0 bridgehead atoms. The van der Waals surface area contributed by atoms with Crippen LogP contribution in [0.2, 0.25) is 0 Å². The van der Waals surface area contributed by atoms with Gasteiger partial charge >= 0.3 is 18.0 Å². The van der Waals surface area contributed by atoms with Crippen molar-refractivity contribution in [3.8, 4) is 0 Å². The number of carbonyl (C=O) groups is 3. The summed E-state index contributed by atoms with van der Waals surface area (Å²) in [4.78, 5) is 37.9. The molecule has 0 aromatic carbocycles. The average Bonchev–Trinajstić information content (AvgIpc) is 2.59. The molecule has 11 heteroatoms. The third-order valence-electron chi connectivity index (χ3n) is 3.90. The quantitative estimate of drug-likeness (QED) is 0.151. The molecule has 10 nitrogen and oxygen atoms in total. The zero-order valence-corrected chi connectivity index (χ0v) is 22.0. The molecule has 0 unspecified atom stereocenters. The van der Waals surface area contributed by atoms with Gasteiger partial charge in [0.25, 0.3) is 10.1 Å². The predicted octanol–water partition coefficient (Wildman–Crippen LogP) is 3.45. The molecule has 1 N–H and O–H groups in total. The molecule has 0 aromatic heterocycles. The maximum atomic E-state index is 12.8. The highest BCUT2D eigenvalue weighted by Crippen LogP contribution is 2.21. The minimum atomic E-state index is -3.63. The van der Waals surface area contributed by atoms with Gasteiger partial charge in [-0.3, -0.25) is 8.98 Å². The first-order valence-electron chi connectivity index (χ1n) is 10.7. The van der Waals surface area contributed by atoms with Gasteiger partial charge in [0.05, 0.1) is 18.8 Å². The lowest BCUT2D eigenvalue weighted by molar-refractivity contribution is -0.158. The van der Waals surface area contributed by atoms with Crippen LogP contribution >= 0.6 is 0 Å². The minimum absolute atomic E-state index is 0.136. The molecule has 192 valence electrons. The fraction of sp³-hybridized carbons (Fsp3) is 0.773. The molecule has 0 saturated carbocycles. The van der Waals surface area contributed by atoms with Gasteiger partial charge in [0.15, 0.2) is 0 Å². The van der Waals surface area contributed by atoms with E-state index in [4.69, 9.17) is 18.4 Å². The molecule has 2 atom stereocenters. The summed E-state index contributed by atoms with van der Waals surface area (Å²) in [5.41, 5.74) is -1.63. The van der Waals surface area contributed by atoms with Crippen molar-refractivity contribution in [3.63, 3.8) is 0 Å². The van der Waals surface area contributed by atoms with Crippen molar-refractivity contribution >= 4 is 28.1 Å². The van der Waals surface area contributed by atoms with Crippen molar-refractivity contribution in [1.82, 2.24) is 5.32 Å². The van der Waals surface area contributed by atoms with E-state index in [1.807, 2.05) is 0 Å². The number of esters is 2. The molecular weight excluding hydrogens is 454 g/mol. The number of allylic oxidation sites excluding steroid dienone is 2. The Kier molecular flexibility index (Phi) is 12.1. The van der Waals surface area contributed by atoms with Crippen LogP contribution in [0.25, 0.3) is 0 Å². The molecule has 0 saturated heterocycles. The molecule has 0 aliphatic carbocycles. The first-order chi connectivity index (χ1) is 14.8. The highest BCUT2D eigenvalue weighted by Gasteiger charge is 2.33. The molecular formula is C22H39NO9S. The van der Waals surface area contributed by atoms with Gasteiger partial charge in [0.1, 0.15) is 23.0 Å². The zero-order valence-electron chi connectivity index (χ0n) is 21.1. The zero-order chi connectivity index (χ0) is 26.0. The first kappa shape index (κ1) is 30.9. The third-order valence-corrected chi connectivity index (χ3v) is 4.49. The standard InChI is InChI=1S/C22H39NO9S/c1-10-15(2)30-18(24)16(12-11-13-29-33(9,27)28)14-17(19(25)31-21(3,4)5)23-20(26)32-22(6,7)8/h10,16-17H,11-14H2,1-9H3,(H,23,26)/b15-10+/t16-,17-/m0/s1. The van der Waals surface area contributed by atoms with Crippen molar-refractivity contribution < 1.29 is 41.2 Å². The summed E-state index contributed by atoms with van der Waals surface area (Å²) in [7, 11) is -3.63. The Labute approximate surface area is 197 Å². The normalized spacial score (nSPS) is 14.8. The van der Waals surface area contributed by atoms with E-state index in [1.165, 1.54) is 0 Å². The van der Waals surface area contributed by atoms with Gasteiger partial charge in [-0.05, 0) is 80.7 Å². The van der Waals surface area contributed by atoms with Gasteiger partial charge in [-0.1, -0.05) is 0 Å². The Morgan fingerprint density at radius 3 is 1.97 bits per heavy atom. The van der Waals surface area contributed by atoms with Crippen LogP contribution in [-0.2, 0) is 38.1 Å². The molecule has 0 radical (unpaired) electrons. The molecule has 0 fully saturated rings. The van der Waals surface area contributed by atoms with Gasteiger partial charge in [0, 0.05) is 0 Å². The predicted molar refractivity (Wildman–Crippen MR) is 123 cm³/mol. The Balaban J connectivity index is 5.66. The number of nitrogens with one attached hydrogen (secondary N) is 1. The number of carbonyl (C=O) groups excluding carboxylic acids is 3. The Morgan fingerprint density at radius 1 is 0.970 bits per heavy atom. The summed E-state index contributed by atoms with van der Waals surface area (Å²) < 4.78 is 43.0. The van der Waals surface area contributed by atoms with E-state index >= 15 is 0 Å². The van der Waals surface area contributed by atoms with Crippen molar-refractivity contribution in [2.45, 2.75) is 91.9 Å². The lowest BCUT2D eigenvalue weighted by Crippen LogP contribution is -2.47. The van der Waals surface area contributed by atoms with Gasteiger partial charge in [-0.2, -0.15) is 8.42 Å². The average molecular weight is 494 g/mol. The van der Waals surface area contributed by atoms with Gasteiger partial charge in [-0.25, -0.2) is 9.59 Å². The van der Waals surface area contributed by atoms with Crippen LogP contribution in [0.15, 0.2) is 11.8 Å². The maximum absolute atomic E-state index is 12.8. The summed E-state index contributed by atoms with van der Waals surface area (Å²) in [5.74, 6) is -1.84. The number of hydrogen-bond acceptors (Lipinski definition) is 9. The number of alkyl carbamates (subject to hydrolysis) is 1. The number of amides is 1. The summed E-state index contributed by atoms with van der Waals surface area (Å²) in [5, 5.41) is 2.48. The fourth-order valence-electron chi connectivity index (χ4n) is 2.49. The number of hydrogen-bond donors (Lipinski definition) is 1. The van der Waals surface area contributed by atoms with Crippen molar-refractivity contribution in [2.24, 2.45) is 5.92 Å².